The topological polar surface area (TPSA) is 0 Å². The molecule has 1 aliphatic carbocycles. The first kappa shape index (κ1) is 18.7. The second-order valence-corrected chi connectivity index (χ2v) is 6.88. The molecule has 2 aromatic carbocycles. The summed E-state index contributed by atoms with van der Waals surface area (Å²) in [5, 5.41) is 0. The molecule has 21 heavy (non-hydrogen) atoms. The monoisotopic (exact) mass is 395 g/mol. The molecule has 0 saturated carbocycles. The Morgan fingerprint density at radius 2 is 1.43 bits per heavy atom. The normalized spacial score (nSPS) is 15.5. The molecule has 1 atom stereocenters. The van der Waals surface area contributed by atoms with Gasteiger partial charge in [0.1, 0.15) is 0 Å². The van der Waals surface area contributed by atoms with Gasteiger partial charge in [0.05, 0.1) is 0 Å². The average molecular weight is 397 g/mol. The Labute approximate surface area is 154 Å². The molecule has 0 unspecified atom stereocenters. The van der Waals surface area contributed by atoms with E-state index < -0.39 is 0 Å². The quantitative estimate of drug-likeness (QED) is 0.588. The summed E-state index contributed by atoms with van der Waals surface area (Å²) in [6, 6.07) is 13.6. The molecule has 0 fully saturated rings. The number of halogens is 2. The largest absolute Gasteiger partial charge is 0.147 e. The van der Waals surface area contributed by atoms with Gasteiger partial charge in [0.15, 0.2) is 0 Å². The number of allylic oxidation sites excluding steroid dienone is 1. The Bertz CT molecular complexity index is 672. The van der Waals surface area contributed by atoms with Gasteiger partial charge in [-0.15, -0.1) is 24.8 Å². The van der Waals surface area contributed by atoms with Crippen molar-refractivity contribution in [2.45, 2.75) is 24.4 Å². The third-order valence-corrected chi connectivity index (χ3v) is 5.55. The van der Waals surface area contributed by atoms with Crippen LogP contribution in [0.15, 0.2) is 36.4 Å². The predicted molar refractivity (Wildman–Crippen MR) is 92.2 cm³/mol. The summed E-state index contributed by atoms with van der Waals surface area (Å²) in [5.41, 5.74) is 9.91. The first-order valence-electron chi connectivity index (χ1n) is 6.67. The molecular formula is C18H19Cl2Zr. The summed E-state index contributed by atoms with van der Waals surface area (Å²) in [4.78, 5) is 0. The van der Waals surface area contributed by atoms with Crippen molar-refractivity contribution in [3.63, 3.8) is 0 Å². The van der Waals surface area contributed by atoms with E-state index in [1.165, 1.54) is 39.0 Å². The van der Waals surface area contributed by atoms with Crippen molar-refractivity contribution in [3.8, 4) is 0 Å². The van der Waals surface area contributed by atoms with E-state index in [-0.39, 0.29) is 24.8 Å². The molecule has 0 radical (unpaired) electrons. The summed E-state index contributed by atoms with van der Waals surface area (Å²) < 4.78 is 0.587. The molecule has 0 amide bonds. The smallest absolute Gasteiger partial charge is 0.147 e. The number of hydrogen-bond acceptors (Lipinski definition) is 0. The molecule has 1 aliphatic rings. The van der Waals surface area contributed by atoms with Crippen LogP contribution in [0.4, 0.5) is 0 Å². The summed E-state index contributed by atoms with van der Waals surface area (Å²) >= 11 is 1.57. The number of aryl methyl sites for hydroxylation is 3. The van der Waals surface area contributed by atoms with E-state index in [0.717, 1.165) is 0 Å². The summed E-state index contributed by atoms with van der Waals surface area (Å²) in [5.74, 6) is 0. The Morgan fingerprint density at radius 1 is 0.857 bits per heavy atom. The van der Waals surface area contributed by atoms with E-state index in [1.807, 2.05) is 0 Å². The Balaban J connectivity index is 0.00000110. The van der Waals surface area contributed by atoms with E-state index in [9.17, 15) is 0 Å². The molecule has 0 spiro atoms. The second-order valence-electron chi connectivity index (χ2n) is 5.46. The van der Waals surface area contributed by atoms with E-state index >= 15 is 0 Å². The molecule has 0 saturated heterocycles. The number of hydrogen-bond donors (Lipinski definition) is 0. The molecule has 0 aromatic heterocycles. The number of rotatable bonds is 1. The molecule has 0 bridgehead atoms. The van der Waals surface area contributed by atoms with Gasteiger partial charge in [0.2, 0.25) is 0 Å². The Morgan fingerprint density at radius 3 is 2.05 bits per heavy atom. The van der Waals surface area contributed by atoms with Crippen LogP contribution in [-0.4, -0.2) is 0 Å². The fourth-order valence-electron chi connectivity index (χ4n) is 2.65. The molecule has 3 rings (SSSR count). The fourth-order valence-corrected chi connectivity index (χ4v) is 3.88. The SMILES string of the molecule is Cc1ccc(C2=Cc3cc(C)c(C)cc3[C@@H]2[Zr])cc1.Cl.Cl. The summed E-state index contributed by atoms with van der Waals surface area (Å²) in [6.07, 6.45) is 2.38. The van der Waals surface area contributed by atoms with Crippen LogP contribution in [0.3, 0.4) is 0 Å². The van der Waals surface area contributed by atoms with Crippen LogP contribution in [0, 0.1) is 20.8 Å². The van der Waals surface area contributed by atoms with Crippen molar-refractivity contribution in [1.82, 2.24) is 0 Å². The van der Waals surface area contributed by atoms with Gasteiger partial charge in [-0.1, -0.05) is 0 Å². The zero-order chi connectivity index (χ0) is 13.6. The van der Waals surface area contributed by atoms with Crippen molar-refractivity contribution in [2.75, 3.05) is 0 Å². The first-order valence-corrected chi connectivity index (χ1v) is 8.09. The number of benzene rings is 2. The average Bonchev–Trinajstić information content (AvgIpc) is 2.69. The fraction of sp³-hybridized carbons (Fsp3) is 0.222. The molecule has 0 aliphatic heterocycles. The van der Waals surface area contributed by atoms with Crippen LogP contribution in [0.25, 0.3) is 11.6 Å². The standard InChI is InChI=1S/C18H17.2ClH.Zr/c1-12-4-6-15(7-5-12)18-10-16-8-13(2)14(3)9-17(16)11-18;;;/h4-11H,1-3H3;2*1H;. The molecule has 0 heterocycles. The van der Waals surface area contributed by atoms with Gasteiger partial charge in [-0.05, 0) is 0 Å². The van der Waals surface area contributed by atoms with Crippen LogP contribution >= 0.6 is 24.8 Å². The molecule has 0 nitrogen and oxygen atoms in total. The van der Waals surface area contributed by atoms with Gasteiger partial charge in [0, 0.05) is 0 Å². The third kappa shape index (κ3) is 3.53. The van der Waals surface area contributed by atoms with Crippen molar-refractivity contribution in [1.29, 1.82) is 0 Å². The summed E-state index contributed by atoms with van der Waals surface area (Å²) in [6.45, 7) is 6.55. The third-order valence-electron chi connectivity index (χ3n) is 4.02. The Kier molecular flexibility index (Phi) is 6.47. The molecular weight excluding hydrogens is 378 g/mol. The molecule has 0 N–H and O–H groups in total. The van der Waals surface area contributed by atoms with Gasteiger partial charge >= 0.3 is 131 Å². The van der Waals surface area contributed by atoms with Crippen molar-refractivity contribution in [3.05, 3.63) is 69.8 Å². The predicted octanol–water partition coefficient (Wildman–Crippen LogP) is 5.60. The summed E-state index contributed by atoms with van der Waals surface area (Å²) in [7, 11) is 0. The zero-order valence-electron chi connectivity index (χ0n) is 12.4. The van der Waals surface area contributed by atoms with Crippen LogP contribution in [0.5, 0.6) is 0 Å². The van der Waals surface area contributed by atoms with Crippen molar-refractivity contribution >= 4 is 36.5 Å². The van der Waals surface area contributed by atoms with E-state index in [2.05, 4.69) is 63.2 Å². The Hall–Kier alpha value is -0.357. The number of fused-ring (bicyclic) bond motifs is 1. The van der Waals surface area contributed by atoms with E-state index in [0.29, 0.717) is 3.63 Å². The maximum absolute atomic E-state index is 2.38. The molecule has 3 heteroatoms. The second kappa shape index (κ2) is 7.27. The minimum Gasteiger partial charge on any atom is -0.147 e. The van der Waals surface area contributed by atoms with E-state index in [1.54, 1.807) is 24.7 Å². The van der Waals surface area contributed by atoms with Gasteiger partial charge in [-0.3, -0.25) is 0 Å². The van der Waals surface area contributed by atoms with Gasteiger partial charge in [-0.25, -0.2) is 0 Å². The van der Waals surface area contributed by atoms with Crippen molar-refractivity contribution < 1.29 is 24.7 Å². The molecule has 109 valence electrons. The van der Waals surface area contributed by atoms with Crippen LogP contribution in [-0.2, 0) is 24.7 Å². The zero-order valence-corrected chi connectivity index (χ0v) is 16.5. The maximum Gasteiger partial charge on any atom is -0.147 e. The van der Waals surface area contributed by atoms with Crippen LogP contribution < -0.4 is 0 Å². The minimum atomic E-state index is 0. The maximum atomic E-state index is 2.38. The van der Waals surface area contributed by atoms with Crippen molar-refractivity contribution in [2.24, 2.45) is 0 Å². The molecule has 2 aromatic rings. The van der Waals surface area contributed by atoms with Crippen LogP contribution in [0.2, 0.25) is 0 Å². The minimum absolute atomic E-state index is 0. The van der Waals surface area contributed by atoms with Gasteiger partial charge in [-0.2, -0.15) is 0 Å². The van der Waals surface area contributed by atoms with Crippen LogP contribution in [0.1, 0.15) is 37.0 Å². The first-order chi connectivity index (χ1) is 9.06. The van der Waals surface area contributed by atoms with Gasteiger partial charge in [0.25, 0.3) is 0 Å². The van der Waals surface area contributed by atoms with E-state index in [4.69, 9.17) is 0 Å². The van der Waals surface area contributed by atoms with Gasteiger partial charge < -0.3 is 0 Å².